The highest BCUT2D eigenvalue weighted by molar-refractivity contribution is 5.81. The van der Waals surface area contributed by atoms with Crippen LogP contribution in [0.25, 0.3) is 0 Å². The Morgan fingerprint density at radius 3 is 2.63 bits per heavy atom. The predicted molar refractivity (Wildman–Crippen MR) is 106 cm³/mol. The first-order valence-corrected chi connectivity index (χ1v) is 9.92. The number of hydrogen-bond acceptors (Lipinski definition) is 7. The van der Waals surface area contributed by atoms with Gasteiger partial charge in [-0.3, -0.25) is 9.59 Å². The minimum Gasteiger partial charge on any atom is -0.497 e. The number of aryl methyl sites for hydroxylation is 1. The Hall–Kier alpha value is -2.94. The van der Waals surface area contributed by atoms with E-state index in [0.29, 0.717) is 44.3 Å². The Balaban J connectivity index is 1.47. The predicted octanol–water partition coefficient (Wildman–Crippen LogP) is 1.03. The van der Waals surface area contributed by atoms with Crippen LogP contribution in [0.2, 0.25) is 0 Å². The minimum absolute atomic E-state index is 0.0319. The highest BCUT2D eigenvalue weighted by Gasteiger charge is 2.58. The first kappa shape index (κ1) is 20.3. The molecule has 9 nitrogen and oxygen atoms in total. The van der Waals surface area contributed by atoms with Gasteiger partial charge in [-0.2, -0.15) is 4.98 Å². The number of likely N-dealkylation sites (tertiary alicyclic amines) is 2. The number of aromatic nitrogens is 2. The summed E-state index contributed by atoms with van der Waals surface area (Å²) in [7, 11) is 3.11. The highest BCUT2D eigenvalue weighted by Crippen LogP contribution is 2.48. The summed E-state index contributed by atoms with van der Waals surface area (Å²) < 4.78 is 15.7. The van der Waals surface area contributed by atoms with E-state index in [9.17, 15) is 9.59 Å². The molecule has 0 saturated carbocycles. The number of ether oxygens (including phenoxy) is 2. The third-order valence-electron chi connectivity index (χ3n) is 5.96. The van der Waals surface area contributed by atoms with Gasteiger partial charge in [0, 0.05) is 38.7 Å². The second kappa shape index (κ2) is 8.06. The smallest absolute Gasteiger partial charge is 0.248 e. The van der Waals surface area contributed by atoms with Crippen LogP contribution in [-0.2, 0) is 20.7 Å². The number of benzene rings is 1. The van der Waals surface area contributed by atoms with Crippen LogP contribution >= 0.6 is 0 Å². The maximum absolute atomic E-state index is 12.8. The van der Waals surface area contributed by atoms with Gasteiger partial charge in [0.1, 0.15) is 12.4 Å². The molecule has 2 aliphatic heterocycles. The van der Waals surface area contributed by atoms with Crippen molar-refractivity contribution < 1.29 is 23.6 Å². The quantitative estimate of drug-likeness (QED) is 0.696. The monoisotopic (exact) mass is 414 g/mol. The van der Waals surface area contributed by atoms with Crippen LogP contribution in [0, 0.1) is 12.3 Å². The molecule has 1 aromatic carbocycles. The molecule has 0 radical (unpaired) electrons. The van der Waals surface area contributed by atoms with Crippen molar-refractivity contribution in [2.45, 2.75) is 19.3 Å². The topological polar surface area (TPSA) is 98.0 Å². The van der Waals surface area contributed by atoms with E-state index in [0.717, 1.165) is 11.3 Å². The summed E-state index contributed by atoms with van der Waals surface area (Å²) in [6.07, 6.45) is 0.309. The van der Waals surface area contributed by atoms with Crippen molar-refractivity contribution in [3.05, 3.63) is 41.5 Å². The summed E-state index contributed by atoms with van der Waals surface area (Å²) in [6.45, 7) is 3.95. The second-order valence-corrected chi connectivity index (χ2v) is 8.08. The van der Waals surface area contributed by atoms with E-state index in [1.165, 1.54) is 7.11 Å². The van der Waals surface area contributed by atoms with E-state index in [1.807, 2.05) is 29.2 Å². The van der Waals surface area contributed by atoms with Crippen molar-refractivity contribution in [2.75, 3.05) is 47.0 Å². The summed E-state index contributed by atoms with van der Waals surface area (Å²) >= 11 is 0. The van der Waals surface area contributed by atoms with E-state index >= 15 is 0 Å². The molecule has 1 aromatic heterocycles. The lowest BCUT2D eigenvalue weighted by Gasteiger charge is -2.50. The molecule has 0 bridgehead atoms. The average molecular weight is 414 g/mol. The number of rotatable bonds is 6. The lowest BCUT2D eigenvalue weighted by atomic mass is 9.71. The zero-order chi connectivity index (χ0) is 21.3. The number of amides is 2. The van der Waals surface area contributed by atoms with Crippen LogP contribution < -0.4 is 4.74 Å². The van der Waals surface area contributed by atoms with E-state index in [-0.39, 0.29) is 29.8 Å². The molecule has 0 N–H and O–H groups in total. The fraction of sp³-hybridized carbons (Fsp3) is 0.524. The standard InChI is InChI=1S/C21H26N4O5/c1-14-22-20(30-23-14)17-9-24(19(27)10-28-2)11-21(17)12-25(13-21)18(26)8-15-5-4-6-16(7-15)29-3/h4-7,17H,8-13H2,1-3H3. The molecule has 2 aliphatic rings. The molecular formula is C21H26N4O5. The number of methoxy groups -OCH3 is 2. The molecular weight excluding hydrogens is 388 g/mol. The molecule has 2 amide bonds. The van der Waals surface area contributed by atoms with Gasteiger partial charge in [-0.1, -0.05) is 17.3 Å². The Morgan fingerprint density at radius 1 is 1.20 bits per heavy atom. The van der Waals surface area contributed by atoms with Crippen molar-refractivity contribution in [1.82, 2.24) is 19.9 Å². The van der Waals surface area contributed by atoms with Gasteiger partial charge < -0.3 is 23.8 Å². The number of nitrogens with zero attached hydrogens (tertiary/aromatic N) is 4. The molecule has 2 aromatic rings. The van der Waals surface area contributed by atoms with Crippen LogP contribution in [0.1, 0.15) is 23.2 Å². The lowest BCUT2D eigenvalue weighted by Crippen LogP contribution is -2.62. The van der Waals surface area contributed by atoms with Crippen molar-refractivity contribution in [3.8, 4) is 5.75 Å². The summed E-state index contributed by atoms with van der Waals surface area (Å²) in [5.41, 5.74) is 0.638. The van der Waals surface area contributed by atoms with Crippen LogP contribution in [0.5, 0.6) is 5.75 Å². The van der Waals surface area contributed by atoms with Crippen molar-refractivity contribution in [1.29, 1.82) is 0 Å². The van der Waals surface area contributed by atoms with Gasteiger partial charge in [-0.15, -0.1) is 0 Å². The summed E-state index contributed by atoms with van der Waals surface area (Å²) in [5.74, 6) is 1.70. The number of hydrogen-bond donors (Lipinski definition) is 0. The molecule has 2 fully saturated rings. The highest BCUT2D eigenvalue weighted by atomic mass is 16.5. The second-order valence-electron chi connectivity index (χ2n) is 8.08. The molecule has 1 spiro atoms. The Morgan fingerprint density at radius 2 is 1.97 bits per heavy atom. The molecule has 1 atom stereocenters. The SMILES string of the molecule is COCC(=O)N1CC(c2nc(C)no2)C2(C1)CN(C(=O)Cc1cccc(OC)c1)C2. The summed E-state index contributed by atoms with van der Waals surface area (Å²) in [4.78, 5) is 33.3. The fourth-order valence-corrected chi connectivity index (χ4v) is 4.45. The molecule has 4 rings (SSSR count). The zero-order valence-corrected chi connectivity index (χ0v) is 17.5. The van der Waals surface area contributed by atoms with Crippen molar-refractivity contribution in [3.63, 3.8) is 0 Å². The molecule has 3 heterocycles. The maximum Gasteiger partial charge on any atom is 0.248 e. The van der Waals surface area contributed by atoms with E-state index in [2.05, 4.69) is 10.1 Å². The van der Waals surface area contributed by atoms with E-state index < -0.39 is 0 Å². The summed E-state index contributed by atoms with van der Waals surface area (Å²) in [6, 6.07) is 7.52. The Labute approximate surface area is 174 Å². The zero-order valence-electron chi connectivity index (χ0n) is 17.5. The first-order valence-electron chi connectivity index (χ1n) is 9.92. The van der Waals surface area contributed by atoms with Crippen LogP contribution in [-0.4, -0.2) is 78.8 Å². The number of carbonyl (C=O) groups is 2. The van der Waals surface area contributed by atoms with Gasteiger partial charge in [0.05, 0.1) is 19.4 Å². The van der Waals surface area contributed by atoms with Gasteiger partial charge in [0.2, 0.25) is 17.7 Å². The third kappa shape index (κ3) is 3.77. The van der Waals surface area contributed by atoms with Gasteiger partial charge in [-0.25, -0.2) is 0 Å². The van der Waals surface area contributed by atoms with Crippen LogP contribution in [0.15, 0.2) is 28.8 Å². The van der Waals surface area contributed by atoms with E-state index in [1.54, 1.807) is 18.9 Å². The average Bonchev–Trinajstić information content (AvgIpc) is 3.31. The molecule has 9 heteroatoms. The van der Waals surface area contributed by atoms with Crippen molar-refractivity contribution >= 4 is 11.8 Å². The lowest BCUT2D eigenvalue weighted by molar-refractivity contribution is -0.144. The summed E-state index contributed by atoms with van der Waals surface area (Å²) in [5, 5.41) is 3.91. The van der Waals surface area contributed by atoms with Gasteiger partial charge in [0.25, 0.3) is 0 Å². The fourth-order valence-electron chi connectivity index (χ4n) is 4.45. The molecule has 2 saturated heterocycles. The maximum atomic E-state index is 12.8. The molecule has 1 unspecified atom stereocenters. The normalized spacial score (nSPS) is 19.8. The third-order valence-corrected chi connectivity index (χ3v) is 5.96. The van der Waals surface area contributed by atoms with Crippen LogP contribution in [0.4, 0.5) is 0 Å². The van der Waals surface area contributed by atoms with Gasteiger partial charge in [0.15, 0.2) is 5.82 Å². The number of carbonyl (C=O) groups excluding carboxylic acids is 2. The van der Waals surface area contributed by atoms with E-state index in [4.69, 9.17) is 14.0 Å². The molecule has 0 aliphatic carbocycles. The molecule has 30 heavy (non-hydrogen) atoms. The Bertz CT molecular complexity index is 937. The van der Waals surface area contributed by atoms with Gasteiger partial charge >= 0.3 is 0 Å². The van der Waals surface area contributed by atoms with Crippen molar-refractivity contribution in [2.24, 2.45) is 5.41 Å². The van der Waals surface area contributed by atoms with Crippen LogP contribution in [0.3, 0.4) is 0 Å². The molecule has 160 valence electrons. The largest absolute Gasteiger partial charge is 0.497 e. The Kier molecular flexibility index (Phi) is 5.46. The minimum atomic E-state index is -0.271. The first-order chi connectivity index (χ1) is 14.4. The van der Waals surface area contributed by atoms with Gasteiger partial charge in [-0.05, 0) is 24.6 Å².